The van der Waals surface area contributed by atoms with E-state index in [1.54, 1.807) is 6.92 Å². The summed E-state index contributed by atoms with van der Waals surface area (Å²) < 4.78 is 5.56. The highest BCUT2D eigenvalue weighted by molar-refractivity contribution is 5.81. The van der Waals surface area contributed by atoms with Gasteiger partial charge < -0.3 is 15.8 Å². The van der Waals surface area contributed by atoms with E-state index in [1.165, 1.54) is 0 Å². The SMILES string of the molecule is CC(C)Oc1ccc(C(C)NC(=O)[C@H](C)N)cc1. The van der Waals surface area contributed by atoms with E-state index in [4.69, 9.17) is 10.5 Å². The Morgan fingerprint density at radius 2 is 1.72 bits per heavy atom. The smallest absolute Gasteiger partial charge is 0.237 e. The third-order valence-corrected chi connectivity index (χ3v) is 2.52. The van der Waals surface area contributed by atoms with Crippen molar-refractivity contribution in [3.8, 4) is 5.75 Å². The molecule has 1 unspecified atom stereocenters. The summed E-state index contributed by atoms with van der Waals surface area (Å²) in [4.78, 5) is 11.5. The minimum absolute atomic E-state index is 0.0587. The second kappa shape index (κ2) is 6.40. The molecule has 2 atom stereocenters. The monoisotopic (exact) mass is 250 g/mol. The van der Waals surface area contributed by atoms with Crippen molar-refractivity contribution >= 4 is 5.91 Å². The summed E-state index contributed by atoms with van der Waals surface area (Å²) >= 11 is 0. The lowest BCUT2D eigenvalue weighted by Gasteiger charge is -2.17. The molecule has 0 fully saturated rings. The molecular formula is C14H22N2O2. The van der Waals surface area contributed by atoms with E-state index in [-0.39, 0.29) is 18.1 Å². The molecule has 1 aromatic rings. The molecule has 0 aliphatic heterocycles. The first-order valence-corrected chi connectivity index (χ1v) is 6.22. The Labute approximate surface area is 109 Å². The maximum absolute atomic E-state index is 11.5. The zero-order chi connectivity index (χ0) is 13.7. The summed E-state index contributed by atoms with van der Waals surface area (Å²) in [6.07, 6.45) is 0.158. The first-order chi connectivity index (χ1) is 8.40. The summed E-state index contributed by atoms with van der Waals surface area (Å²) in [7, 11) is 0. The Kier molecular flexibility index (Phi) is 5.16. The number of benzene rings is 1. The highest BCUT2D eigenvalue weighted by Crippen LogP contribution is 2.18. The topological polar surface area (TPSA) is 64.3 Å². The van der Waals surface area contributed by atoms with E-state index in [2.05, 4.69) is 5.32 Å². The van der Waals surface area contributed by atoms with Gasteiger partial charge in [0.25, 0.3) is 0 Å². The van der Waals surface area contributed by atoms with Crippen molar-refractivity contribution in [1.82, 2.24) is 5.32 Å². The van der Waals surface area contributed by atoms with E-state index >= 15 is 0 Å². The molecule has 0 aliphatic carbocycles. The summed E-state index contributed by atoms with van der Waals surface area (Å²) in [5.41, 5.74) is 6.54. The zero-order valence-corrected chi connectivity index (χ0v) is 11.4. The lowest BCUT2D eigenvalue weighted by atomic mass is 10.1. The first kappa shape index (κ1) is 14.5. The van der Waals surface area contributed by atoms with Crippen molar-refractivity contribution in [2.45, 2.75) is 45.9 Å². The number of ether oxygens (including phenoxy) is 1. The molecular weight excluding hydrogens is 228 g/mol. The first-order valence-electron chi connectivity index (χ1n) is 6.22. The van der Waals surface area contributed by atoms with Crippen LogP contribution in [-0.4, -0.2) is 18.1 Å². The second-order valence-electron chi connectivity index (χ2n) is 4.75. The average Bonchev–Trinajstić information content (AvgIpc) is 2.28. The van der Waals surface area contributed by atoms with Crippen molar-refractivity contribution in [2.24, 2.45) is 5.73 Å². The molecule has 0 saturated heterocycles. The third kappa shape index (κ3) is 4.37. The molecule has 0 spiro atoms. The van der Waals surface area contributed by atoms with Crippen molar-refractivity contribution in [3.05, 3.63) is 29.8 Å². The number of hydrogen-bond donors (Lipinski definition) is 2. The van der Waals surface area contributed by atoms with Crippen LogP contribution < -0.4 is 15.8 Å². The Balaban J connectivity index is 2.64. The van der Waals surface area contributed by atoms with E-state index < -0.39 is 6.04 Å². The van der Waals surface area contributed by atoms with Crippen LogP contribution in [0, 0.1) is 0 Å². The van der Waals surface area contributed by atoms with E-state index in [0.29, 0.717) is 0 Å². The Bertz CT molecular complexity index is 385. The summed E-state index contributed by atoms with van der Waals surface area (Å²) in [6.45, 7) is 7.57. The highest BCUT2D eigenvalue weighted by Gasteiger charge is 2.12. The largest absolute Gasteiger partial charge is 0.491 e. The number of amides is 1. The van der Waals surface area contributed by atoms with Crippen LogP contribution in [0.3, 0.4) is 0 Å². The van der Waals surface area contributed by atoms with Crippen LogP contribution in [0.4, 0.5) is 0 Å². The number of carbonyl (C=O) groups excluding carboxylic acids is 1. The maximum atomic E-state index is 11.5. The lowest BCUT2D eigenvalue weighted by molar-refractivity contribution is -0.122. The molecule has 4 nitrogen and oxygen atoms in total. The van der Waals surface area contributed by atoms with Gasteiger partial charge in [0.15, 0.2) is 0 Å². The number of nitrogens with one attached hydrogen (secondary N) is 1. The molecule has 18 heavy (non-hydrogen) atoms. The van der Waals surface area contributed by atoms with Gasteiger partial charge in [-0.05, 0) is 45.4 Å². The van der Waals surface area contributed by atoms with Crippen molar-refractivity contribution in [2.75, 3.05) is 0 Å². The highest BCUT2D eigenvalue weighted by atomic mass is 16.5. The Morgan fingerprint density at radius 3 is 2.17 bits per heavy atom. The van der Waals surface area contributed by atoms with Gasteiger partial charge in [0.2, 0.25) is 5.91 Å². The zero-order valence-electron chi connectivity index (χ0n) is 11.4. The predicted octanol–water partition coefficient (Wildman–Crippen LogP) is 2.00. The van der Waals surface area contributed by atoms with Crippen molar-refractivity contribution < 1.29 is 9.53 Å². The molecule has 0 radical (unpaired) electrons. The fourth-order valence-electron chi connectivity index (χ4n) is 1.54. The Hall–Kier alpha value is -1.55. The fourth-order valence-corrected chi connectivity index (χ4v) is 1.54. The van der Waals surface area contributed by atoms with Crippen LogP contribution >= 0.6 is 0 Å². The standard InChI is InChI=1S/C14H22N2O2/c1-9(2)18-13-7-5-12(6-8-13)11(4)16-14(17)10(3)15/h5-11H,15H2,1-4H3,(H,16,17)/t10-,11?/m0/s1. The lowest BCUT2D eigenvalue weighted by Crippen LogP contribution is -2.39. The van der Waals surface area contributed by atoms with Crippen LogP contribution in [0.15, 0.2) is 24.3 Å². The Morgan fingerprint density at radius 1 is 1.17 bits per heavy atom. The minimum atomic E-state index is -0.490. The van der Waals surface area contributed by atoms with Crippen LogP contribution in [0.2, 0.25) is 0 Å². The molecule has 100 valence electrons. The maximum Gasteiger partial charge on any atom is 0.237 e. The van der Waals surface area contributed by atoms with Crippen molar-refractivity contribution in [3.63, 3.8) is 0 Å². The number of nitrogens with two attached hydrogens (primary N) is 1. The van der Waals surface area contributed by atoms with Gasteiger partial charge in [0, 0.05) is 0 Å². The molecule has 0 saturated carbocycles. The van der Waals surface area contributed by atoms with E-state index in [9.17, 15) is 4.79 Å². The molecule has 1 aromatic carbocycles. The molecule has 3 N–H and O–H groups in total. The molecule has 4 heteroatoms. The minimum Gasteiger partial charge on any atom is -0.491 e. The molecule has 0 aliphatic rings. The van der Waals surface area contributed by atoms with Gasteiger partial charge in [-0.15, -0.1) is 0 Å². The molecule has 0 heterocycles. The predicted molar refractivity (Wildman–Crippen MR) is 72.4 cm³/mol. The van der Waals surface area contributed by atoms with Gasteiger partial charge in [-0.3, -0.25) is 4.79 Å². The normalized spacial score (nSPS) is 14.1. The molecule has 1 amide bonds. The van der Waals surface area contributed by atoms with Gasteiger partial charge >= 0.3 is 0 Å². The number of hydrogen-bond acceptors (Lipinski definition) is 3. The van der Waals surface area contributed by atoms with Crippen LogP contribution in [0.1, 0.15) is 39.3 Å². The molecule has 0 bridgehead atoms. The third-order valence-electron chi connectivity index (χ3n) is 2.52. The number of carbonyl (C=O) groups is 1. The van der Waals surface area contributed by atoms with Crippen LogP contribution in [0.5, 0.6) is 5.75 Å². The van der Waals surface area contributed by atoms with Crippen molar-refractivity contribution in [1.29, 1.82) is 0 Å². The van der Waals surface area contributed by atoms with Crippen LogP contribution in [-0.2, 0) is 4.79 Å². The van der Waals surface area contributed by atoms with E-state index in [0.717, 1.165) is 11.3 Å². The summed E-state index contributed by atoms with van der Waals surface area (Å²) in [5, 5.41) is 2.85. The quantitative estimate of drug-likeness (QED) is 0.840. The van der Waals surface area contributed by atoms with Gasteiger partial charge in [0.1, 0.15) is 5.75 Å². The molecule has 0 aromatic heterocycles. The van der Waals surface area contributed by atoms with Gasteiger partial charge in [-0.25, -0.2) is 0 Å². The number of rotatable bonds is 5. The van der Waals surface area contributed by atoms with Gasteiger partial charge in [0.05, 0.1) is 18.2 Å². The second-order valence-corrected chi connectivity index (χ2v) is 4.75. The molecule has 1 rings (SSSR count). The summed E-state index contributed by atoms with van der Waals surface area (Å²) in [5.74, 6) is 0.685. The van der Waals surface area contributed by atoms with Gasteiger partial charge in [-0.1, -0.05) is 12.1 Å². The fraction of sp³-hybridized carbons (Fsp3) is 0.500. The summed E-state index contributed by atoms with van der Waals surface area (Å²) in [6, 6.07) is 7.16. The van der Waals surface area contributed by atoms with Crippen LogP contribution in [0.25, 0.3) is 0 Å². The van der Waals surface area contributed by atoms with Gasteiger partial charge in [-0.2, -0.15) is 0 Å². The van der Waals surface area contributed by atoms with E-state index in [1.807, 2.05) is 45.0 Å². The average molecular weight is 250 g/mol.